The molecule has 0 bridgehead atoms. The van der Waals surface area contributed by atoms with Gasteiger partial charge in [0, 0.05) is 38.8 Å². The Morgan fingerprint density at radius 3 is 2.30 bits per heavy atom. The summed E-state index contributed by atoms with van der Waals surface area (Å²) in [6.45, 7) is 5.87. The first-order valence-electron chi connectivity index (χ1n) is 7.31. The molecule has 1 aromatic carbocycles. The van der Waals surface area contributed by atoms with E-state index in [-0.39, 0.29) is 4.90 Å². The van der Waals surface area contributed by atoms with E-state index in [1.807, 2.05) is 0 Å². The molecule has 2 heterocycles. The van der Waals surface area contributed by atoms with Crippen LogP contribution in [-0.2, 0) is 16.6 Å². The van der Waals surface area contributed by atoms with Crippen molar-refractivity contribution in [2.75, 3.05) is 31.1 Å². The van der Waals surface area contributed by atoms with Crippen molar-refractivity contribution in [1.29, 1.82) is 0 Å². The van der Waals surface area contributed by atoms with Gasteiger partial charge in [-0.15, -0.1) is 10.2 Å². The second-order valence-corrected chi connectivity index (χ2v) is 7.08. The summed E-state index contributed by atoms with van der Waals surface area (Å²) in [5, 5.41) is 12.9. The number of aromatic nitrogens is 2. The minimum atomic E-state index is -3.64. The van der Waals surface area contributed by atoms with Crippen LogP contribution < -0.4 is 10.0 Å². The van der Waals surface area contributed by atoms with Gasteiger partial charge < -0.3 is 9.32 Å². The van der Waals surface area contributed by atoms with Crippen molar-refractivity contribution < 1.29 is 12.8 Å². The quantitative estimate of drug-likeness (QED) is 0.858. The zero-order chi connectivity index (χ0) is 16.4. The van der Waals surface area contributed by atoms with Crippen molar-refractivity contribution in [2.45, 2.75) is 18.4 Å². The van der Waals surface area contributed by atoms with Gasteiger partial charge in [-0.05, 0) is 24.3 Å². The second kappa shape index (κ2) is 6.26. The molecule has 3 rings (SSSR count). The fourth-order valence-corrected chi connectivity index (χ4v) is 3.12. The van der Waals surface area contributed by atoms with Gasteiger partial charge in [0.05, 0.1) is 11.4 Å². The molecule has 1 aliphatic heterocycles. The lowest BCUT2D eigenvalue weighted by Gasteiger charge is -2.35. The van der Waals surface area contributed by atoms with Crippen LogP contribution in [0.15, 0.2) is 33.6 Å². The van der Waals surface area contributed by atoms with E-state index in [1.165, 1.54) is 12.1 Å². The zero-order valence-corrected chi connectivity index (χ0v) is 13.7. The number of benzene rings is 1. The number of primary sulfonamides is 1. The first-order chi connectivity index (χ1) is 10.9. The van der Waals surface area contributed by atoms with Crippen LogP contribution in [-0.4, -0.2) is 49.7 Å². The third-order valence-corrected chi connectivity index (χ3v) is 4.76. The molecule has 0 saturated carbocycles. The van der Waals surface area contributed by atoms with Gasteiger partial charge in [0.15, 0.2) is 0 Å². The topological polar surface area (TPSA) is 106 Å². The standard InChI is InChI=1S/C14H19N5O3S/c1-11-16-17-14(22-11)10-18-6-8-19(9-7-18)12-2-4-13(5-3-12)23(15,20)21/h2-5H,6-10H2,1H3,(H2,15,20,21). The third-order valence-electron chi connectivity index (χ3n) is 3.83. The van der Waals surface area contributed by atoms with Crippen molar-refractivity contribution in [1.82, 2.24) is 15.1 Å². The number of nitrogens with two attached hydrogens (primary N) is 1. The largest absolute Gasteiger partial charge is 0.424 e. The molecule has 1 aliphatic rings. The SMILES string of the molecule is Cc1nnc(CN2CCN(c3ccc(S(N)(=O)=O)cc3)CC2)o1. The lowest BCUT2D eigenvalue weighted by atomic mass is 10.2. The Hall–Kier alpha value is -1.97. The highest BCUT2D eigenvalue weighted by Crippen LogP contribution is 2.19. The van der Waals surface area contributed by atoms with Gasteiger partial charge in [-0.3, -0.25) is 4.90 Å². The van der Waals surface area contributed by atoms with Gasteiger partial charge in [0.25, 0.3) is 0 Å². The van der Waals surface area contributed by atoms with E-state index in [0.717, 1.165) is 31.9 Å². The number of piperazine rings is 1. The van der Waals surface area contributed by atoms with Gasteiger partial charge >= 0.3 is 0 Å². The molecule has 9 heteroatoms. The van der Waals surface area contributed by atoms with Gasteiger partial charge in [0.1, 0.15) is 0 Å². The van der Waals surface area contributed by atoms with Crippen molar-refractivity contribution in [2.24, 2.45) is 5.14 Å². The molecule has 8 nitrogen and oxygen atoms in total. The van der Waals surface area contributed by atoms with Crippen LogP contribution in [0.3, 0.4) is 0 Å². The summed E-state index contributed by atoms with van der Waals surface area (Å²) in [7, 11) is -3.64. The maximum atomic E-state index is 11.3. The summed E-state index contributed by atoms with van der Waals surface area (Å²) in [6, 6.07) is 6.66. The molecule has 2 N–H and O–H groups in total. The zero-order valence-electron chi connectivity index (χ0n) is 12.8. The normalized spacial score (nSPS) is 16.7. The molecule has 0 atom stereocenters. The minimum Gasteiger partial charge on any atom is -0.424 e. The summed E-state index contributed by atoms with van der Waals surface area (Å²) in [5.74, 6) is 1.21. The highest BCUT2D eigenvalue weighted by Gasteiger charge is 2.19. The van der Waals surface area contributed by atoms with Crippen LogP contribution in [0.25, 0.3) is 0 Å². The highest BCUT2D eigenvalue weighted by molar-refractivity contribution is 7.89. The summed E-state index contributed by atoms with van der Waals surface area (Å²) in [5.41, 5.74) is 0.991. The maximum Gasteiger partial charge on any atom is 0.238 e. The van der Waals surface area contributed by atoms with E-state index in [2.05, 4.69) is 20.0 Å². The number of anilines is 1. The van der Waals surface area contributed by atoms with E-state index in [4.69, 9.17) is 9.56 Å². The molecule has 1 aromatic heterocycles. The molecule has 0 amide bonds. The Bertz CT molecular complexity index is 764. The van der Waals surface area contributed by atoms with Crippen molar-refractivity contribution in [3.63, 3.8) is 0 Å². The van der Waals surface area contributed by atoms with Gasteiger partial charge in [-0.25, -0.2) is 13.6 Å². The van der Waals surface area contributed by atoms with Gasteiger partial charge in [0.2, 0.25) is 21.8 Å². The Morgan fingerprint density at radius 2 is 1.78 bits per heavy atom. The second-order valence-electron chi connectivity index (χ2n) is 5.52. The molecular formula is C14H19N5O3S. The Morgan fingerprint density at radius 1 is 1.13 bits per heavy atom. The molecule has 1 fully saturated rings. The number of sulfonamides is 1. The molecule has 124 valence electrons. The smallest absolute Gasteiger partial charge is 0.238 e. The average molecular weight is 337 g/mol. The van der Waals surface area contributed by atoms with E-state index < -0.39 is 10.0 Å². The molecule has 23 heavy (non-hydrogen) atoms. The summed E-state index contributed by atoms with van der Waals surface area (Å²) < 4.78 is 27.9. The van der Waals surface area contributed by atoms with Gasteiger partial charge in [-0.2, -0.15) is 0 Å². The fraction of sp³-hybridized carbons (Fsp3) is 0.429. The van der Waals surface area contributed by atoms with Crippen molar-refractivity contribution in [3.8, 4) is 0 Å². The lowest BCUT2D eigenvalue weighted by molar-refractivity contribution is 0.225. The average Bonchev–Trinajstić information content (AvgIpc) is 2.92. The molecule has 0 spiro atoms. The van der Waals surface area contributed by atoms with Crippen LogP contribution in [0, 0.1) is 6.92 Å². The number of aryl methyl sites for hydroxylation is 1. The molecular weight excluding hydrogens is 318 g/mol. The van der Waals surface area contributed by atoms with E-state index in [0.29, 0.717) is 18.3 Å². The molecule has 0 unspecified atom stereocenters. The maximum absolute atomic E-state index is 11.3. The van der Waals surface area contributed by atoms with Crippen LogP contribution in [0.2, 0.25) is 0 Å². The number of rotatable bonds is 4. The Balaban J connectivity index is 1.58. The molecule has 0 radical (unpaired) electrons. The van der Waals surface area contributed by atoms with E-state index in [9.17, 15) is 8.42 Å². The van der Waals surface area contributed by atoms with Crippen LogP contribution in [0.5, 0.6) is 0 Å². The summed E-state index contributed by atoms with van der Waals surface area (Å²) in [4.78, 5) is 4.59. The predicted octanol–water partition coefficient (Wildman–Crippen LogP) is 0.348. The summed E-state index contributed by atoms with van der Waals surface area (Å²) in [6.07, 6.45) is 0. The number of hydrogen-bond donors (Lipinski definition) is 1. The fourth-order valence-electron chi connectivity index (χ4n) is 2.60. The Kier molecular flexibility index (Phi) is 4.33. The summed E-state index contributed by atoms with van der Waals surface area (Å²) >= 11 is 0. The first-order valence-corrected chi connectivity index (χ1v) is 8.85. The van der Waals surface area contributed by atoms with Crippen LogP contribution >= 0.6 is 0 Å². The molecule has 1 saturated heterocycles. The highest BCUT2D eigenvalue weighted by atomic mass is 32.2. The van der Waals surface area contributed by atoms with E-state index in [1.54, 1.807) is 19.1 Å². The third kappa shape index (κ3) is 3.87. The van der Waals surface area contributed by atoms with Crippen molar-refractivity contribution in [3.05, 3.63) is 36.0 Å². The lowest BCUT2D eigenvalue weighted by Crippen LogP contribution is -2.46. The molecule has 2 aromatic rings. The molecule has 0 aliphatic carbocycles. The number of nitrogens with zero attached hydrogens (tertiary/aromatic N) is 4. The van der Waals surface area contributed by atoms with Gasteiger partial charge in [-0.1, -0.05) is 0 Å². The van der Waals surface area contributed by atoms with Crippen molar-refractivity contribution >= 4 is 15.7 Å². The first kappa shape index (κ1) is 15.9. The van der Waals surface area contributed by atoms with E-state index >= 15 is 0 Å². The number of hydrogen-bond acceptors (Lipinski definition) is 7. The monoisotopic (exact) mass is 337 g/mol. The Labute approximate surface area is 134 Å². The minimum absolute atomic E-state index is 0.131. The van der Waals surface area contributed by atoms with Crippen LogP contribution in [0.1, 0.15) is 11.8 Å². The van der Waals surface area contributed by atoms with Crippen LogP contribution in [0.4, 0.5) is 5.69 Å². The predicted molar refractivity (Wildman–Crippen MR) is 84.3 cm³/mol.